The minimum absolute atomic E-state index is 0.0488. The number of nitrogens with one attached hydrogen (secondary N) is 1. The Kier molecular flexibility index (Phi) is 6.66. The molecule has 0 aliphatic carbocycles. The summed E-state index contributed by atoms with van der Waals surface area (Å²) in [7, 11) is 1.64. The van der Waals surface area contributed by atoms with E-state index in [-0.39, 0.29) is 17.6 Å². The first kappa shape index (κ1) is 24.2. The number of nitrogens with zero attached hydrogens (tertiary/aromatic N) is 5. The fourth-order valence-corrected chi connectivity index (χ4v) is 4.60. The van der Waals surface area contributed by atoms with Crippen LogP contribution in [-0.4, -0.2) is 58.2 Å². The van der Waals surface area contributed by atoms with Gasteiger partial charge in [-0.15, -0.1) is 0 Å². The van der Waals surface area contributed by atoms with Crippen LogP contribution in [0.5, 0.6) is 0 Å². The Labute approximate surface area is 196 Å². The van der Waals surface area contributed by atoms with Crippen molar-refractivity contribution in [3.63, 3.8) is 0 Å². The second kappa shape index (κ2) is 9.36. The molecule has 2 aliphatic rings. The van der Waals surface area contributed by atoms with Gasteiger partial charge in [-0.05, 0) is 44.7 Å². The van der Waals surface area contributed by atoms with Crippen LogP contribution in [-0.2, 0) is 15.7 Å². The number of carbonyl (C=O) groups excluding carboxylic acids is 1. The minimum Gasteiger partial charge on any atom is -0.359 e. The summed E-state index contributed by atoms with van der Waals surface area (Å²) in [6.07, 6.45) is -0.132. The van der Waals surface area contributed by atoms with Gasteiger partial charge in [-0.2, -0.15) is 18.2 Å². The van der Waals surface area contributed by atoms with Gasteiger partial charge >= 0.3 is 6.18 Å². The van der Waals surface area contributed by atoms with E-state index in [2.05, 4.69) is 15.3 Å². The molecule has 4 rings (SSSR count). The molecule has 11 heteroatoms. The summed E-state index contributed by atoms with van der Waals surface area (Å²) >= 11 is 0. The van der Waals surface area contributed by atoms with E-state index in [9.17, 15) is 18.0 Å². The third kappa shape index (κ3) is 5.08. The zero-order valence-corrected chi connectivity index (χ0v) is 19.5. The summed E-state index contributed by atoms with van der Waals surface area (Å²) in [5.74, 6) is 1.03. The Morgan fingerprint density at radius 3 is 2.56 bits per heavy atom. The molecule has 184 valence electrons. The second-order valence-corrected chi connectivity index (χ2v) is 8.95. The molecule has 0 saturated carbocycles. The fourth-order valence-electron chi connectivity index (χ4n) is 4.60. The van der Waals surface area contributed by atoms with Crippen molar-refractivity contribution in [2.45, 2.75) is 57.3 Å². The summed E-state index contributed by atoms with van der Waals surface area (Å²) in [6, 6.07) is 3.65. The van der Waals surface area contributed by atoms with Crippen molar-refractivity contribution >= 4 is 23.5 Å². The van der Waals surface area contributed by atoms with Crippen molar-refractivity contribution in [2.75, 3.05) is 37.0 Å². The predicted molar refractivity (Wildman–Crippen MR) is 121 cm³/mol. The maximum absolute atomic E-state index is 13.2. The van der Waals surface area contributed by atoms with Gasteiger partial charge < -0.3 is 19.9 Å². The quantitative estimate of drug-likeness (QED) is 0.685. The van der Waals surface area contributed by atoms with Crippen LogP contribution in [0.25, 0.3) is 0 Å². The number of rotatable bonds is 5. The summed E-state index contributed by atoms with van der Waals surface area (Å²) in [5.41, 5.74) is -0.571. The lowest BCUT2D eigenvalue weighted by molar-refractivity contribution is -0.137. The number of ether oxygens (including phenoxy) is 1. The third-order valence-corrected chi connectivity index (χ3v) is 6.71. The van der Waals surface area contributed by atoms with Gasteiger partial charge in [0.1, 0.15) is 17.4 Å². The maximum Gasteiger partial charge on any atom is 0.416 e. The van der Waals surface area contributed by atoms with Crippen LogP contribution in [0, 0.1) is 0 Å². The minimum atomic E-state index is -4.47. The Balaban J connectivity index is 1.67. The van der Waals surface area contributed by atoms with Gasteiger partial charge in [0, 0.05) is 51.8 Å². The number of alkyl halides is 3. The molecular weight excluding hydrogens is 449 g/mol. The first-order valence-electron chi connectivity index (χ1n) is 11.4. The Bertz CT molecular complexity index is 1040. The zero-order valence-electron chi connectivity index (χ0n) is 19.5. The van der Waals surface area contributed by atoms with Gasteiger partial charge in [0.2, 0.25) is 11.9 Å². The van der Waals surface area contributed by atoms with Crippen molar-refractivity contribution in [1.29, 1.82) is 0 Å². The van der Waals surface area contributed by atoms with Gasteiger partial charge in [0.25, 0.3) is 0 Å². The summed E-state index contributed by atoms with van der Waals surface area (Å²) in [5, 5.41) is 2.94. The lowest BCUT2D eigenvalue weighted by atomic mass is 9.93. The zero-order chi connectivity index (χ0) is 24.5. The molecule has 2 aromatic heterocycles. The Morgan fingerprint density at radius 2 is 1.91 bits per heavy atom. The van der Waals surface area contributed by atoms with Gasteiger partial charge in [-0.25, -0.2) is 9.97 Å². The number of carbonyl (C=O) groups is 1. The normalized spacial score (nSPS) is 21.7. The molecule has 0 radical (unpaired) electrons. The van der Waals surface area contributed by atoms with Gasteiger partial charge in [0.15, 0.2) is 0 Å². The van der Waals surface area contributed by atoms with Crippen molar-refractivity contribution in [1.82, 2.24) is 19.9 Å². The van der Waals surface area contributed by atoms with Crippen molar-refractivity contribution in [3.05, 3.63) is 35.7 Å². The number of piperidine rings is 1. The molecule has 2 aromatic rings. The molecule has 1 amide bonds. The van der Waals surface area contributed by atoms with Crippen LogP contribution >= 0.6 is 0 Å². The first-order chi connectivity index (χ1) is 16.1. The van der Waals surface area contributed by atoms with Gasteiger partial charge in [0.05, 0.1) is 11.3 Å². The fraction of sp³-hybridized carbons (Fsp3) is 0.565. The number of hydrogen-bond acceptors (Lipinski definition) is 7. The molecular formula is C23H29F3N6O2. The van der Waals surface area contributed by atoms with Crippen LogP contribution < -0.4 is 10.2 Å². The number of likely N-dealkylation sites (tertiary alicyclic amines) is 1. The van der Waals surface area contributed by atoms with Crippen LogP contribution in [0.15, 0.2) is 24.4 Å². The van der Waals surface area contributed by atoms with E-state index in [4.69, 9.17) is 9.72 Å². The number of halogens is 3. The number of methoxy groups -OCH3 is 1. The standard InChI is InChI=1S/C23H29F3N6O2/c1-15(33)31-11-6-16(7-12-31)18-14-20(29-19-13-17(5-9-27-19)23(24,25)26)30-21(28-18)32-10-4-8-22(32,2)34-3/h5,9,13-14,16H,4,6-8,10-12H2,1-3H3,(H,27,28,29,30). The smallest absolute Gasteiger partial charge is 0.359 e. The van der Waals surface area contributed by atoms with E-state index in [1.807, 2.05) is 16.7 Å². The Morgan fingerprint density at radius 1 is 1.18 bits per heavy atom. The van der Waals surface area contributed by atoms with Crippen molar-refractivity contribution < 1.29 is 22.7 Å². The molecule has 2 saturated heterocycles. The molecule has 34 heavy (non-hydrogen) atoms. The maximum atomic E-state index is 13.2. The van der Waals surface area contributed by atoms with E-state index in [1.165, 1.54) is 0 Å². The van der Waals surface area contributed by atoms with E-state index in [1.54, 1.807) is 20.1 Å². The molecule has 1 N–H and O–H groups in total. The lowest BCUT2D eigenvalue weighted by Crippen LogP contribution is -2.44. The highest BCUT2D eigenvalue weighted by molar-refractivity contribution is 5.73. The highest BCUT2D eigenvalue weighted by Gasteiger charge is 2.39. The summed E-state index contributed by atoms with van der Waals surface area (Å²) in [6.45, 7) is 5.51. The van der Waals surface area contributed by atoms with Crippen LogP contribution in [0.4, 0.5) is 30.8 Å². The molecule has 0 bridgehead atoms. The number of hydrogen-bond donors (Lipinski definition) is 1. The predicted octanol–water partition coefficient (Wildman–Crippen LogP) is 4.32. The SMILES string of the molecule is COC1(C)CCCN1c1nc(Nc2cc(C(F)(F)F)ccn2)cc(C2CCN(C(C)=O)CC2)n1. The number of aromatic nitrogens is 3. The average molecular weight is 479 g/mol. The molecule has 1 atom stereocenters. The van der Waals surface area contributed by atoms with E-state index < -0.39 is 17.5 Å². The highest BCUT2D eigenvalue weighted by atomic mass is 19.4. The number of amides is 1. The average Bonchev–Trinajstić information content (AvgIpc) is 3.20. The number of anilines is 3. The second-order valence-electron chi connectivity index (χ2n) is 8.95. The summed E-state index contributed by atoms with van der Waals surface area (Å²) < 4.78 is 45.2. The van der Waals surface area contributed by atoms with Crippen LogP contribution in [0.2, 0.25) is 0 Å². The molecule has 0 spiro atoms. The molecule has 0 aromatic carbocycles. The summed E-state index contributed by atoms with van der Waals surface area (Å²) in [4.78, 5) is 29.0. The highest BCUT2D eigenvalue weighted by Crippen LogP contribution is 2.36. The van der Waals surface area contributed by atoms with Crippen LogP contribution in [0.1, 0.15) is 56.7 Å². The van der Waals surface area contributed by atoms with Gasteiger partial charge in [-0.3, -0.25) is 4.79 Å². The topological polar surface area (TPSA) is 83.5 Å². The molecule has 8 nitrogen and oxygen atoms in total. The lowest BCUT2D eigenvalue weighted by Gasteiger charge is -2.35. The largest absolute Gasteiger partial charge is 0.416 e. The third-order valence-electron chi connectivity index (χ3n) is 6.71. The first-order valence-corrected chi connectivity index (χ1v) is 11.4. The van der Waals surface area contributed by atoms with E-state index in [0.29, 0.717) is 31.4 Å². The van der Waals surface area contributed by atoms with Gasteiger partial charge in [-0.1, -0.05) is 0 Å². The van der Waals surface area contributed by atoms with E-state index >= 15 is 0 Å². The van der Waals surface area contributed by atoms with Crippen LogP contribution in [0.3, 0.4) is 0 Å². The van der Waals surface area contributed by atoms with E-state index in [0.717, 1.165) is 49.7 Å². The Hall–Kier alpha value is -2.95. The molecule has 2 aliphatic heterocycles. The van der Waals surface area contributed by atoms with Crippen molar-refractivity contribution in [2.24, 2.45) is 0 Å². The number of pyridine rings is 1. The molecule has 1 unspecified atom stereocenters. The molecule has 2 fully saturated rings. The van der Waals surface area contributed by atoms with Crippen molar-refractivity contribution in [3.8, 4) is 0 Å². The molecule has 4 heterocycles. The monoisotopic (exact) mass is 478 g/mol.